The van der Waals surface area contributed by atoms with Crippen LogP contribution in [0.1, 0.15) is 39.7 Å². The Morgan fingerprint density at radius 3 is 2.54 bits per heavy atom. The predicted molar refractivity (Wildman–Crippen MR) is 106 cm³/mol. The molecule has 7 heteroatoms. The predicted octanol–water partition coefficient (Wildman–Crippen LogP) is 2.93. The van der Waals surface area contributed by atoms with Crippen molar-refractivity contribution in [3.05, 3.63) is 23.8 Å². The maximum absolute atomic E-state index is 11.9. The lowest BCUT2D eigenvalue weighted by Crippen LogP contribution is -2.43. The molecule has 1 amide bonds. The van der Waals surface area contributed by atoms with Crippen molar-refractivity contribution in [2.75, 3.05) is 33.5 Å². The summed E-state index contributed by atoms with van der Waals surface area (Å²) in [5, 5.41) is 6.23. The lowest BCUT2D eigenvalue weighted by atomic mass is 10.1. The third-order valence-corrected chi connectivity index (χ3v) is 3.28. The largest absolute Gasteiger partial charge is 0.493 e. The molecular weight excluding hydrogens is 356 g/mol. The Kier molecular flexibility index (Phi) is 12.1. The van der Waals surface area contributed by atoms with E-state index in [-0.39, 0.29) is 30.5 Å². The van der Waals surface area contributed by atoms with E-state index in [9.17, 15) is 4.79 Å². The van der Waals surface area contributed by atoms with Crippen LogP contribution in [0.15, 0.2) is 18.2 Å². The molecule has 0 aliphatic carbocycles. The molecule has 0 unspecified atom stereocenters. The van der Waals surface area contributed by atoms with Gasteiger partial charge in [-0.3, -0.25) is 4.79 Å². The Hall–Kier alpha value is -1.50. The smallest absolute Gasteiger partial charge is 0.258 e. The fourth-order valence-electron chi connectivity index (χ4n) is 2.22. The van der Waals surface area contributed by atoms with Crippen molar-refractivity contribution in [1.82, 2.24) is 10.6 Å². The van der Waals surface area contributed by atoms with E-state index < -0.39 is 0 Å². The molecule has 6 nitrogen and oxygen atoms in total. The van der Waals surface area contributed by atoms with Gasteiger partial charge in [0.25, 0.3) is 5.91 Å². The molecule has 2 N–H and O–H groups in total. The summed E-state index contributed by atoms with van der Waals surface area (Å²) in [6.07, 6.45) is 0.981. The highest BCUT2D eigenvalue weighted by atomic mass is 35.5. The number of rotatable bonds is 11. The van der Waals surface area contributed by atoms with Gasteiger partial charge < -0.3 is 24.8 Å². The minimum atomic E-state index is -0.276. The maximum atomic E-state index is 11.9. The quantitative estimate of drug-likeness (QED) is 0.570. The van der Waals surface area contributed by atoms with Crippen molar-refractivity contribution in [2.45, 2.75) is 46.2 Å². The zero-order valence-corrected chi connectivity index (χ0v) is 17.3. The molecule has 0 bridgehead atoms. The summed E-state index contributed by atoms with van der Waals surface area (Å²) in [7, 11) is 1.59. The molecule has 0 atom stereocenters. The van der Waals surface area contributed by atoms with Crippen molar-refractivity contribution in [1.29, 1.82) is 0 Å². The number of benzene rings is 1. The molecule has 0 aliphatic rings. The highest BCUT2D eigenvalue weighted by molar-refractivity contribution is 5.85. The number of halogens is 1. The Labute approximate surface area is 163 Å². The van der Waals surface area contributed by atoms with Crippen LogP contribution in [0.3, 0.4) is 0 Å². The number of carbonyl (C=O) groups excluding carboxylic acids is 1. The van der Waals surface area contributed by atoms with Gasteiger partial charge in [0.1, 0.15) is 0 Å². The summed E-state index contributed by atoms with van der Waals surface area (Å²) < 4.78 is 16.3. The zero-order chi connectivity index (χ0) is 18.7. The van der Waals surface area contributed by atoms with Gasteiger partial charge in [0.05, 0.1) is 7.11 Å². The molecular formula is C19H33ClN2O4. The first-order valence-corrected chi connectivity index (χ1v) is 8.75. The third-order valence-electron chi connectivity index (χ3n) is 3.28. The molecule has 1 aromatic carbocycles. The van der Waals surface area contributed by atoms with E-state index in [4.69, 9.17) is 14.2 Å². The van der Waals surface area contributed by atoms with Gasteiger partial charge in [-0.05, 0) is 58.4 Å². The molecule has 0 heterocycles. The van der Waals surface area contributed by atoms with Crippen LogP contribution >= 0.6 is 12.4 Å². The Morgan fingerprint density at radius 2 is 1.92 bits per heavy atom. The van der Waals surface area contributed by atoms with E-state index in [2.05, 4.69) is 10.6 Å². The van der Waals surface area contributed by atoms with Gasteiger partial charge in [0, 0.05) is 25.3 Å². The average molecular weight is 389 g/mol. The number of hydrogen-bond acceptors (Lipinski definition) is 5. The van der Waals surface area contributed by atoms with Crippen LogP contribution in [-0.2, 0) is 16.1 Å². The highest BCUT2D eigenvalue weighted by Gasteiger charge is 2.15. The summed E-state index contributed by atoms with van der Waals surface area (Å²) in [5.41, 5.74) is 0.821. The lowest BCUT2D eigenvalue weighted by molar-refractivity contribution is -0.124. The summed E-state index contributed by atoms with van der Waals surface area (Å²) in [4.78, 5) is 11.9. The molecule has 0 saturated carbocycles. The van der Waals surface area contributed by atoms with E-state index >= 15 is 0 Å². The molecule has 0 fully saturated rings. The number of amides is 1. The Morgan fingerprint density at radius 1 is 1.19 bits per heavy atom. The van der Waals surface area contributed by atoms with Crippen LogP contribution in [0, 0.1) is 0 Å². The number of methoxy groups -OCH3 is 1. The zero-order valence-electron chi connectivity index (χ0n) is 16.5. The van der Waals surface area contributed by atoms with Crippen LogP contribution in [-0.4, -0.2) is 44.9 Å². The van der Waals surface area contributed by atoms with Gasteiger partial charge in [-0.1, -0.05) is 6.07 Å². The molecule has 0 aliphatic heterocycles. The number of ether oxygens (including phenoxy) is 3. The van der Waals surface area contributed by atoms with Gasteiger partial charge in [0.2, 0.25) is 0 Å². The van der Waals surface area contributed by atoms with E-state index in [1.54, 1.807) is 7.11 Å². The normalized spacial score (nSPS) is 10.8. The van der Waals surface area contributed by atoms with Gasteiger partial charge >= 0.3 is 0 Å². The van der Waals surface area contributed by atoms with Crippen LogP contribution in [0.2, 0.25) is 0 Å². The van der Waals surface area contributed by atoms with Gasteiger partial charge in [-0.15, -0.1) is 12.4 Å². The van der Waals surface area contributed by atoms with Crippen LogP contribution < -0.4 is 20.1 Å². The first-order chi connectivity index (χ1) is 11.9. The first-order valence-electron chi connectivity index (χ1n) is 8.75. The molecule has 0 saturated heterocycles. The van der Waals surface area contributed by atoms with Crippen LogP contribution in [0.4, 0.5) is 0 Å². The molecule has 150 valence electrons. The second-order valence-electron chi connectivity index (χ2n) is 6.80. The molecule has 26 heavy (non-hydrogen) atoms. The Balaban J connectivity index is 0.00000625. The van der Waals surface area contributed by atoms with Crippen LogP contribution in [0.5, 0.6) is 11.5 Å². The molecule has 0 aromatic heterocycles. The fourth-order valence-corrected chi connectivity index (χ4v) is 2.22. The van der Waals surface area contributed by atoms with Gasteiger partial charge in [-0.2, -0.15) is 0 Å². The molecule has 1 aromatic rings. The van der Waals surface area contributed by atoms with Crippen molar-refractivity contribution >= 4 is 18.3 Å². The number of hydrogen-bond donors (Lipinski definition) is 2. The van der Waals surface area contributed by atoms with Gasteiger partial charge in [-0.25, -0.2) is 0 Å². The van der Waals surface area contributed by atoms with Crippen LogP contribution in [0.25, 0.3) is 0 Å². The monoisotopic (exact) mass is 388 g/mol. The average Bonchev–Trinajstić information content (AvgIpc) is 2.55. The van der Waals surface area contributed by atoms with Gasteiger partial charge in [0.15, 0.2) is 18.1 Å². The molecule has 1 rings (SSSR count). The Bertz CT molecular complexity index is 533. The van der Waals surface area contributed by atoms with Crippen molar-refractivity contribution in [3.8, 4) is 11.5 Å². The lowest BCUT2D eigenvalue weighted by Gasteiger charge is -2.20. The number of carbonyl (C=O) groups is 1. The summed E-state index contributed by atoms with van der Waals surface area (Å²) in [5.74, 6) is 1.03. The summed E-state index contributed by atoms with van der Waals surface area (Å²) in [6.45, 7) is 10.9. The minimum Gasteiger partial charge on any atom is -0.493 e. The second kappa shape index (κ2) is 12.8. The highest BCUT2D eigenvalue weighted by Crippen LogP contribution is 2.28. The summed E-state index contributed by atoms with van der Waals surface area (Å²) in [6, 6.07) is 5.72. The topological polar surface area (TPSA) is 68.8 Å². The third kappa shape index (κ3) is 10.5. The SMILES string of the molecule is CCOCCCNCc1ccc(OCC(=O)NC(C)(C)C)c(OC)c1.Cl. The second-order valence-corrected chi connectivity index (χ2v) is 6.80. The minimum absolute atomic E-state index is 0. The van der Waals surface area contributed by atoms with Crippen molar-refractivity contribution < 1.29 is 19.0 Å². The first kappa shape index (κ1) is 24.5. The summed E-state index contributed by atoms with van der Waals surface area (Å²) >= 11 is 0. The van der Waals surface area contributed by atoms with E-state index in [0.717, 1.165) is 38.3 Å². The van der Waals surface area contributed by atoms with Crippen molar-refractivity contribution in [2.24, 2.45) is 0 Å². The van der Waals surface area contributed by atoms with Crippen molar-refractivity contribution in [3.63, 3.8) is 0 Å². The van der Waals surface area contributed by atoms with E-state index in [0.29, 0.717) is 11.5 Å². The number of nitrogens with one attached hydrogen (secondary N) is 2. The van der Waals surface area contributed by atoms with E-state index in [1.165, 1.54) is 0 Å². The molecule has 0 spiro atoms. The van der Waals surface area contributed by atoms with E-state index in [1.807, 2.05) is 45.9 Å². The standard InChI is InChI=1S/C19H32N2O4.ClH/c1-6-24-11-7-10-20-13-15-8-9-16(17(12-15)23-5)25-14-18(22)21-19(2,3)4;/h8-9,12,20H,6-7,10-11,13-14H2,1-5H3,(H,21,22);1H. The fraction of sp³-hybridized carbons (Fsp3) is 0.632. The maximum Gasteiger partial charge on any atom is 0.258 e. The molecule has 0 radical (unpaired) electrons.